The summed E-state index contributed by atoms with van der Waals surface area (Å²) in [5.74, 6) is 2.01. The standard InChI is InChI=1S/C30H36N2O2/c1-23-11-8-9-17-28(23)29-22-31(21-27-16-10-18-34-27)19-25(29)20-32(26-14-6-3-7-15-26)30(33)24-12-4-2-5-13-24/h2,4-5,8-13,16-18,25-26,29H,3,6-7,14-15,19-22H2,1H3. The maximum Gasteiger partial charge on any atom is 0.254 e. The van der Waals surface area contributed by atoms with E-state index in [4.69, 9.17) is 4.42 Å². The number of amides is 1. The van der Waals surface area contributed by atoms with Crippen LogP contribution in [-0.4, -0.2) is 41.4 Å². The Hall–Kier alpha value is -2.85. The molecule has 1 saturated carbocycles. The molecule has 0 spiro atoms. The van der Waals surface area contributed by atoms with Crippen LogP contribution in [0.15, 0.2) is 77.4 Å². The second kappa shape index (κ2) is 10.6. The van der Waals surface area contributed by atoms with E-state index in [-0.39, 0.29) is 5.91 Å². The van der Waals surface area contributed by atoms with E-state index in [9.17, 15) is 4.79 Å². The first-order valence-electron chi connectivity index (χ1n) is 12.9. The van der Waals surface area contributed by atoms with Gasteiger partial charge in [0.2, 0.25) is 0 Å². The maximum atomic E-state index is 13.8. The lowest BCUT2D eigenvalue weighted by atomic mass is 9.85. The summed E-state index contributed by atoms with van der Waals surface area (Å²) < 4.78 is 5.66. The van der Waals surface area contributed by atoms with Gasteiger partial charge in [0, 0.05) is 37.2 Å². The van der Waals surface area contributed by atoms with E-state index in [0.29, 0.717) is 17.9 Å². The van der Waals surface area contributed by atoms with Crippen molar-refractivity contribution in [2.75, 3.05) is 19.6 Å². The van der Waals surface area contributed by atoms with Crippen LogP contribution in [0.4, 0.5) is 0 Å². The van der Waals surface area contributed by atoms with Crippen LogP contribution >= 0.6 is 0 Å². The van der Waals surface area contributed by atoms with Gasteiger partial charge in [-0.05, 0) is 61.1 Å². The van der Waals surface area contributed by atoms with Crippen molar-refractivity contribution in [3.63, 3.8) is 0 Å². The zero-order chi connectivity index (χ0) is 23.3. The summed E-state index contributed by atoms with van der Waals surface area (Å²) in [6.45, 7) is 5.82. The molecule has 2 heterocycles. The van der Waals surface area contributed by atoms with E-state index in [1.807, 2.05) is 36.4 Å². The first-order chi connectivity index (χ1) is 16.7. The number of benzene rings is 2. The summed E-state index contributed by atoms with van der Waals surface area (Å²) in [6.07, 6.45) is 7.73. The number of likely N-dealkylation sites (tertiary alicyclic amines) is 1. The fourth-order valence-corrected chi connectivity index (χ4v) is 6.04. The second-order valence-electron chi connectivity index (χ2n) is 10.1. The Bertz CT molecular complexity index is 1060. The molecule has 1 saturated heterocycles. The molecule has 2 fully saturated rings. The van der Waals surface area contributed by atoms with Gasteiger partial charge in [0.05, 0.1) is 12.8 Å². The average Bonchev–Trinajstić information content (AvgIpc) is 3.53. The number of hydrogen-bond donors (Lipinski definition) is 0. The van der Waals surface area contributed by atoms with Gasteiger partial charge in [-0.3, -0.25) is 9.69 Å². The van der Waals surface area contributed by atoms with Crippen LogP contribution in [-0.2, 0) is 6.54 Å². The summed E-state index contributed by atoms with van der Waals surface area (Å²) in [5.41, 5.74) is 3.58. The Balaban J connectivity index is 1.42. The van der Waals surface area contributed by atoms with Crippen molar-refractivity contribution in [1.29, 1.82) is 0 Å². The lowest BCUT2D eigenvalue weighted by Gasteiger charge is -2.37. The van der Waals surface area contributed by atoms with E-state index in [1.54, 1.807) is 6.26 Å². The molecule has 2 aliphatic rings. The van der Waals surface area contributed by atoms with Gasteiger partial charge in [0.15, 0.2) is 0 Å². The minimum atomic E-state index is 0.195. The molecule has 4 heteroatoms. The highest BCUT2D eigenvalue weighted by atomic mass is 16.3. The fraction of sp³-hybridized carbons (Fsp3) is 0.433. The average molecular weight is 457 g/mol. The molecule has 0 bridgehead atoms. The first-order valence-corrected chi connectivity index (χ1v) is 12.9. The molecule has 2 atom stereocenters. The molecule has 2 aromatic carbocycles. The molecule has 2 unspecified atom stereocenters. The Morgan fingerprint density at radius 3 is 2.44 bits per heavy atom. The number of carbonyl (C=O) groups is 1. The number of aryl methyl sites for hydroxylation is 1. The number of nitrogens with zero attached hydrogens (tertiary/aromatic N) is 2. The third-order valence-corrected chi connectivity index (χ3v) is 7.79. The third kappa shape index (κ3) is 5.12. The highest BCUT2D eigenvalue weighted by molar-refractivity contribution is 5.94. The van der Waals surface area contributed by atoms with Crippen molar-refractivity contribution >= 4 is 5.91 Å². The predicted octanol–water partition coefficient (Wildman–Crippen LogP) is 6.28. The minimum Gasteiger partial charge on any atom is -0.468 e. The molecule has 1 aromatic heterocycles. The Labute approximate surface area is 203 Å². The van der Waals surface area contributed by atoms with E-state index in [1.165, 1.54) is 30.4 Å². The van der Waals surface area contributed by atoms with Crippen LogP contribution in [0.5, 0.6) is 0 Å². The zero-order valence-electron chi connectivity index (χ0n) is 20.2. The van der Waals surface area contributed by atoms with Gasteiger partial charge in [-0.25, -0.2) is 0 Å². The van der Waals surface area contributed by atoms with Gasteiger partial charge in [0.25, 0.3) is 5.91 Å². The Morgan fingerprint density at radius 1 is 0.941 bits per heavy atom. The summed E-state index contributed by atoms with van der Waals surface area (Å²) in [5, 5.41) is 0. The summed E-state index contributed by atoms with van der Waals surface area (Å²) in [7, 11) is 0. The molecule has 5 rings (SSSR count). The molecule has 0 N–H and O–H groups in total. The van der Waals surface area contributed by atoms with Crippen molar-refractivity contribution in [2.45, 2.75) is 57.5 Å². The van der Waals surface area contributed by atoms with Crippen LogP contribution < -0.4 is 0 Å². The van der Waals surface area contributed by atoms with Gasteiger partial charge < -0.3 is 9.32 Å². The normalized spacial score (nSPS) is 21.6. The number of furan rings is 1. The minimum absolute atomic E-state index is 0.195. The highest BCUT2D eigenvalue weighted by Crippen LogP contribution is 2.37. The predicted molar refractivity (Wildman–Crippen MR) is 136 cm³/mol. The summed E-state index contributed by atoms with van der Waals surface area (Å²) >= 11 is 0. The van der Waals surface area contributed by atoms with E-state index in [2.05, 4.69) is 47.1 Å². The quantitative estimate of drug-likeness (QED) is 0.420. The van der Waals surface area contributed by atoms with Crippen molar-refractivity contribution < 1.29 is 9.21 Å². The van der Waals surface area contributed by atoms with Gasteiger partial charge in [-0.1, -0.05) is 61.7 Å². The first kappa shape index (κ1) is 22.9. The summed E-state index contributed by atoms with van der Waals surface area (Å²) in [4.78, 5) is 18.5. The largest absolute Gasteiger partial charge is 0.468 e. The van der Waals surface area contributed by atoms with E-state index in [0.717, 1.165) is 50.3 Å². The molecular weight excluding hydrogens is 420 g/mol. The van der Waals surface area contributed by atoms with Gasteiger partial charge in [0.1, 0.15) is 5.76 Å². The fourth-order valence-electron chi connectivity index (χ4n) is 6.04. The lowest BCUT2D eigenvalue weighted by molar-refractivity contribution is 0.0587. The summed E-state index contributed by atoms with van der Waals surface area (Å²) in [6, 6.07) is 23.0. The molecule has 0 radical (unpaired) electrons. The van der Waals surface area contributed by atoms with Crippen molar-refractivity contribution in [2.24, 2.45) is 5.92 Å². The molecule has 34 heavy (non-hydrogen) atoms. The Morgan fingerprint density at radius 2 is 1.71 bits per heavy atom. The molecule has 3 aromatic rings. The van der Waals surface area contributed by atoms with Crippen molar-refractivity contribution in [3.05, 3.63) is 95.4 Å². The van der Waals surface area contributed by atoms with Gasteiger partial charge >= 0.3 is 0 Å². The number of hydrogen-bond acceptors (Lipinski definition) is 3. The highest BCUT2D eigenvalue weighted by Gasteiger charge is 2.38. The topological polar surface area (TPSA) is 36.7 Å². The van der Waals surface area contributed by atoms with Crippen LogP contribution in [0, 0.1) is 12.8 Å². The second-order valence-corrected chi connectivity index (χ2v) is 10.1. The van der Waals surface area contributed by atoms with Crippen molar-refractivity contribution in [3.8, 4) is 0 Å². The lowest BCUT2D eigenvalue weighted by Crippen LogP contribution is -2.45. The smallest absolute Gasteiger partial charge is 0.254 e. The number of carbonyl (C=O) groups excluding carboxylic acids is 1. The van der Waals surface area contributed by atoms with E-state index < -0.39 is 0 Å². The zero-order valence-corrected chi connectivity index (χ0v) is 20.2. The molecular formula is C30H36N2O2. The third-order valence-electron chi connectivity index (χ3n) is 7.79. The van der Waals surface area contributed by atoms with E-state index >= 15 is 0 Å². The molecule has 178 valence electrons. The number of rotatable bonds is 7. The van der Waals surface area contributed by atoms with Crippen LogP contribution in [0.25, 0.3) is 0 Å². The molecule has 1 aliphatic carbocycles. The van der Waals surface area contributed by atoms with Crippen LogP contribution in [0.1, 0.15) is 65.3 Å². The van der Waals surface area contributed by atoms with Crippen LogP contribution in [0.3, 0.4) is 0 Å². The van der Waals surface area contributed by atoms with Gasteiger partial charge in [-0.2, -0.15) is 0 Å². The molecule has 1 amide bonds. The molecule has 1 aliphatic heterocycles. The van der Waals surface area contributed by atoms with Gasteiger partial charge in [-0.15, -0.1) is 0 Å². The molecule has 4 nitrogen and oxygen atoms in total. The maximum absolute atomic E-state index is 13.8. The Kier molecular flexibility index (Phi) is 7.15. The SMILES string of the molecule is Cc1ccccc1C1CN(Cc2ccco2)CC1CN(C(=O)c1ccccc1)C1CCCCC1. The van der Waals surface area contributed by atoms with Crippen LogP contribution in [0.2, 0.25) is 0 Å². The van der Waals surface area contributed by atoms with Crippen molar-refractivity contribution in [1.82, 2.24) is 9.80 Å². The monoisotopic (exact) mass is 456 g/mol.